The fourth-order valence-corrected chi connectivity index (χ4v) is 4.97. The maximum atomic E-state index is 11.6. The molecule has 0 unspecified atom stereocenters. The Morgan fingerprint density at radius 3 is 2.67 bits per heavy atom. The van der Waals surface area contributed by atoms with Crippen molar-refractivity contribution in [1.82, 2.24) is 19.7 Å². The van der Waals surface area contributed by atoms with Gasteiger partial charge in [0.1, 0.15) is 17.9 Å². The van der Waals surface area contributed by atoms with Crippen LogP contribution in [0, 0.1) is 6.92 Å². The van der Waals surface area contributed by atoms with Gasteiger partial charge in [-0.25, -0.2) is 9.78 Å². The van der Waals surface area contributed by atoms with E-state index in [0.717, 1.165) is 42.0 Å². The molecular weight excluding hydrogens is 492 g/mol. The second-order valence-electron chi connectivity index (χ2n) is 10.1. The molecule has 1 aliphatic rings. The van der Waals surface area contributed by atoms with Crippen molar-refractivity contribution in [1.29, 1.82) is 0 Å². The molecule has 3 heterocycles. The second-order valence-corrected chi connectivity index (χ2v) is 10.1. The Balaban J connectivity index is 1.41. The number of hydrogen-bond acceptors (Lipinski definition) is 6. The Hall–Kier alpha value is -4.17. The first-order valence-corrected chi connectivity index (χ1v) is 13.3. The molecule has 4 aromatic rings. The Labute approximate surface area is 228 Å². The summed E-state index contributed by atoms with van der Waals surface area (Å²) in [5.41, 5.74) is 6.48. The van der Waals surface area contributed by atoms with Gasteiger partial charge < -0.3 is 14.6 Å². The molecule has 39 heavy (non-hydrogen) atoms. The van der Waals surface area contributed by atoms with Crippen LogP contribution < -0.4 is 9.47 Å². The lowest BCUT2D eigenvalue weighted by Crippen LogP contribution is -2.35. The molecule has 1 aliphatic heterocycles. The van der Waals surface area contributed by atoms with Gasteiger partial charge in [0, 0.05) is 24.7 Å². The van der Waals surface area contributed by atoms with Crippen LogP contribution in [0.3, 0.4) is 0 Å². The maximum Gasteiger partial charge on any atom is 0.342 e. The number of fused-ring (bicyclic) bond motifs is 1. The van der Waals surface area contributed by atoms with Gasteiger partial charge in [0.2, 0.25) is 5.88 Å². The van der Waals surface area contributed by atoms with Gasteiger partial charge in [-0.05, 0) is 74.6 Å². The highest BCUT2D eigenvalue weighted by Crippen LogP contribution is 2.34. The molecule has 0 saturated heterocycles. The molecule has 202 valence electrons. The predicted molar refractivity (Wildman–Crippen MR) is 150 cm³/mol. The summed E-state index contributed by atoms with van der Waals surface area (Å²) >= 11 is 0. The first-order chi connectivity index (χ1) is 18.9. The summed E-state index contributed by atoms with van der Waals surface area (Å²) in [5.74, 6) is 0.276. The van der Waals surface area contributed by atoms with E-state index in [1.807, 2.05) is 37.3 Å². The van der Waals surface area contributed by atoms with Gasteiger partial charge in [-0.15, -0.1) is 0 Å². The van der Waals surface area contributed by atoms with Crippen molar-refractivity contribution in [3.8, 4) is 28.7 Å². The Morgan fingerprint density at radius 2 is 1.90 bits per heavy atom. The zero-order valence-corrected chi connectivity index (χ0v) is 22.8. The van der Waals surface area contributed by atoms with Crippen molar-refractivity contribution < 1.29 is 19.4 Å². The number of ether oxygens (including phenoxy) is 2. The lowest BCUT2D eigenvalue weighted by atomic mass is 9.96. The van der Waals surface area contributed by atoms with Crippen LogP contribution in [0.4, 0.5) is 0 Å². The molecule has 0 aliphatic carbocycles. The number of aromatic carboxylic acids is 1. The molecule has 0 bridgehead atoms. The molecule has 0 radical (unpaired) electrons. The van der Waals surface area contributed by atoms with Crippen LogP contribution in [-0.4, -0.2) is 49.9 Å². The van der Waals surface area contributed by atoms with Gasteiger partial charge in [0.05, 0.1) is 18.5 Å². The van der Waals surface area contributed by atoms with E-state index in [0.29, 0.717) is 30.8 Å². The van der Waals surface area contributed by atoms with Crippen LogP contribution in [0.25, 0.3) is 17.1 Å². The molecule has 0 atom stereocenters. The Bertz CT molecular complexity index is 1490. The fourth-order valence-electron chi connectivity index (χ4n) is 4.97. The van der Waals surface area contributed by atoms with E-state index in [4.69, 9.17) is 14.5 Å². The smallest absolute Gasteiger partial charge is 0.342 e. The number of pyridine rings is 1. The van der Waals surface area contributed by atoms with Crippen LogP contribution in [0.15, 0.2) is 60.8 Å². The molecule has 0 amide bonds. The lowest BCUT2D eigenvalue weighted by molar-refractivity contribution is 0.0692. The monoisotopic (exact) mass is 526 g/mol. The molecule has 2 aromatic heterocycles. The maximum absolute atomic E-state index is 11.6. The molecule has 8 heteroatoms. The SMILES string of the molecule is CCOc1c(C(=O)O)cnn1-c1cccc(-c2cccc(C)c2OCc2ccc3c(c2)CCN(C(C)C)C3)n1. The van der Waals surface area contributed by atoms with E-state index in [2.05, 4.69) is 42.0 Å². The third kappa shape index (κ3) is 5.52. The number of nitrogens with zero attached hydrogens (tertiary/aromatic N) is 4. The van der Waals surface area contributed by atoms with Crippen LogP contribution in [0.2, 0.25) is 0 Å². The third-order valence-corrected chi connectivity index (χ3v) is 7.10. The molecule has 5 rings (SSSR count). The molecule has 0 fully saturated rings. The zero-order valence-electron chi connectivity index (χ0n) is 22.8. The molecule has 1 N–H and O–H groups in total. The van der Waals surface area contributed by atoms with Crippen molar-refractivity contribution in [2.24, 2.45) is 0 Å². The normalized spacial score (nSPS) is 13.4. The third-order valence-electron chi connectivity index (χ3n) is 7.10. The van der Waals surface area contributed by atoms with Crippen LogP contribution in [0.1, 0.15) is 53.4 Å². The van der Waals surface area contributed by atoms with Crippen molar-refractivity contribution in [2.45, 2.75) is 53.3 Å². The van der Waals surface area contributed by atoms with Gasteiger partial charge >= 0.3 is 5.97 Å². The van der Waals surface area contributed by atoms with Gasteiger partial charge in [-0.1, -0.05) is 36.4 Å². The van der Waals surface area contributed by atoms with Gasteiger partial charge in [-0.2, -0.15) is 9.78 Å². The summed E-state index contributed by atoms with van der Waals surface area (Å²) in [6, 6.07) is 18.7. The molecule has 0 saturated carbocycles. The van der Waals surface area contributed by atoms with Gasteiger partial charge in [0.15, 0.2) is 5.82 Å². The minimum Gasteiger partial charge on any atom is -0.488 e. The van der Waals surface area contributed by atoms with Crippen LogP contribution >= 0.6 is 0 Å². The number of carboxylic acids is 1. The van der Waals surface area contributed by atoms with E-state index in [1.54, 1.807) is 13.0 Å². The van der Waals surface area contributed by atoms with Gasteiger partial charge in [0.25, 0.3) is 0 Å². The first-order valence-electron chi connectivity index (χ1n) is 13.3. The average molecular weight is 527 g/mol. The first kappa shape index (κ1) is 26.4. The largest absolute Gasteiger partial charge is 0.488 e. The minimum atomic E-state index is -1.10. The number of para-hydroxylation sites is 1. The standard InChI is InChI=1S/C31H34N4O4/c1-5-38-30-26(31(36)37)17-32-35(30)28-11-7-10-27(33-28)25-9-6-8-21(4)29(25)39-19-22-12-13-24-18-34(20(2)3)15-14-23(24)16-22/h6-13,16-17,20H,5,14-15,18-19H2,1-4H3,(H,36,37). The highest BCUT2D eigenvalue weighted by molar-refractivity contribution is 5.90. The number of aromatic nitrogens is 3. The zero-order chi connectivity index (χ0) is 27.5. The van der Waals surface area contributed by atoms with Gasteiger partial charge in [-0.3, -0.25) is 4.90 Å². The predicted octanol–water partition coefficient (Wildman–Crippen LogP) is 5.69. The number of benzene rings is 2. The van der Waals surface area contributed by atoms with Crippen molar-refractivity contribution in [3.05, 3.63) is 88.6 Å². The lowest BCUT2D eigenvalue weighted by Gasteiger charge is -2.32. The van der Waals surface area contributed by atoms with Crippen molar-refractivity contribution in [2.75, 3.05) is 13.2 Å². The summed E-state index contributed by atoms with van der Waals surface area (Å²) in [6.45, 7) is 11.1. The van der Waals surface area contributed by atoms with E-state index in [1.165, 1.54) is 22.0 Å². The highest BCUT2D eigenvalue weighted by atomic mass is 16.5. The van der Waals surface area contributed by atoms with E-state index in [9.17, 15) is 9.90 Å². The van der Waals surface area contributed by atoms with Crippen molar-refractivity contribution >= 4 is 5.97 Å². The van der Waals surface area contributed by atoms with E-state index in [-0.39, 0.29) is 11.4 Å². The Morgan fingerprint density at radius 1 is 1.08 bits per heavy atom. The summed E-state index contributed by atoms with van der Waals surface area (Å²) < 4.78 is 13.5. The number of aryl methyl sites for hydroxylation is 1. The number of carbonyl (C=O) groups is 1. The summed E-state index contributed by atoms with van der Waals surface area (Å²) in [5, 5.41) is 13.8. The Kier molecular flexibility index (Phi) is 7.65. The second kappa shape index (κ2) is 11.3. The average Bonchev–Trinajstić information content (AvgIpc) is 3.36. The number of carboxylic acid groups (broad SMARTS) is 1. The van der Waals surface area contributed by atoms with Crippen molar-refractivity contribution in [3.63, 3.8) is 0 Å². The van der Waals surface area contributed by atoms with E-state index < -0.39 is 5.97 Å². The quantitative estimate of drug-likeness (QED) is 0.300. The topological polar surface area (TPSA) is 89.7 Å². The summed E-state index contributed by atoms with van der Waals surface area (Å²) in [6.07, 6.45) is 2.33. The summed E-state index contributed by atoms with van der Waals surface area (Å²) in [7, 11) is 0. The molecule has 2 aromatic carbocycles. The van der Waals surface area contributed by atoms with Crippen LogP contribution in [-0.2, 0) is 19.6 Å². The highest BCUT2D eigenvalue weighted by Gasteiger charge is 2.21. The summed E-state index contributed by atoms with van der Waals surface area (Å²) in [4.78, 5) is 19.0. The number of rotatable bonds is 9. The molecular formula is C31H34N4O4. The van der Waals surface area contributed by atoms with Crippen LogP contribution in [0.5, 0.6) is 11.6 Å². The molecule has 8 nitrogen and oxygen atoms in total. The molecule has 0 spiro atoms. The van der Waals surface area contributed by atoms with E-state index >= 15 is 0 Å². The minimum absolute atomic E-state index is 0.00871. The number of hydrogen-bond donors (Lipinski definition) is 1. The fraction of sp³-hybridized carbons (Fsp3) is 0.323.